The maximum atomic E-state index is 12.0. The lowest BCUT2D eigenvalue weighted by atomic mass is 10.0. The van der Waals surface area contributed by atoms with Gasteiger partial charge < -0.3 is 14.4 Å². The zero-order chi connectivity index (χ0) is 14.0. The lowest BCUT2D eigenvalue weighted by Crippen LogP contribution is -2.39. The van der Waals surface area contributed by atoms with Gasteiger partial charge >= 0.3 is 6.09 Å². The van der Waals surface area contributed by atoms with Gasteiger partial charge in [-0.3, -0.25) is 0 Å². The fourth-order valence-corrected chi connectivity index (χ4v) is 2.01. The SMILES string of the molecule is COc1cc2c(cn1)CCN(C(=O)OC(C)(C)C)C2. The largest absolute Gasteiger partial charge is 0.481 e. The summed E-state index contributed by atoms with van der Waals surface area (Å²) in [6, 6.07) is 1.88. The van der Waals surface area contributed by atoms with Gasteiger partial charge in [0.2, 0.25) is 5.88 Å². The zero-order valence-corrected chi connectivity index (χ0v) is 11.9. The van der Waals surface area contributed by atoms with E-state index < -0.39 is 5.60 Å². The van der Waals surface area contributed by atoms with Crippen molar-refractivity contribution in [3.8, 4) is 5.88 Å². The Kier molecular flexibility index (Phi) is 3.64. The topological polar surface area (TPSA) is 51.7 Å². The van der Waals surface area contributed by atoms with Gasteiger partial charge in [-0.15, -0.1) is 0 Å². The summed E-state index contributed by atoms with van der Waals surface area (Å²) in [6.07, 6.45) is 2.35. The smallest absolute Gasteiger partial charge is 0.410 e. The van der Waals surface area contributed by atoms with Gasteiger partial charge in [-0.1, -0.05) is 0 Å². The van der Waals surface area contributed by atoms with E-state index in [1.54, 1.807) is 12.0 Å². The van der Waals surface area contributed by atoms with E-state index in [0.717, 1.165) is 12.0 Å². The number of rotatable bonds is 1. The molecule has 1 aliphatic heterocycles. The lowest BCUT2D eigenvalue weighted by molar-refractivity contribution is 0.0223. The molecule has 1 amide bonds. The van der Waals surface area contributed by atoms with Crippen molar-refractivity contribution < 1.29 is 14.3 Å². The molecule has 0 saturated carbocycles. The molecule has 0 aliphatic carbocycles. The van der Waals surface area contributed by atoms with Gasteiger partial charge in [0.1, 0.15) is 5.60 Å². The highest BCUT2D eigenvalue weighted by atomic mass is 16.6. The normalized spacial score (nSPS) is 14.8. The molecule has 0 aromatic carbocycles. The molecule has 0 atom stereocenters. The molecule has 5 nitrogen and oxygen atoms in total. The van der Waals surface area contributed by atoms with E-state index in [-0.39, 0.29) is 6.09 Å². The molecule has 5 heteroatoms. The number of hydrogen-bond acceptors (Lipinski definition) is 4. The van der Waals surface area contributed by atoms with Gasteiger partial charge in [-0.05, 0) is 38.3 Å². The molecule has 0 bridgehead atoms. The highest BCUT2D eigenvalue weighted by Crippen LogP contribution is 2.23. The number of methoxy groups -OCH3 is 1. The Bertz CT molecular complexity index is 480. The second kappa shape index (κ2) is 5.07. The fraction of sp³-hybridized carbons (Fsp3) is 0.571. The van der Waals surface area contributed by atoms with Crippen molar-refractivity contribution in [1.29, 1.82) is 0 Å². The number of ether oxygens (including phenoxy) is 2. The third kappa shape index (κ3) is 3.36. The van der Waals surface area contributed by atoms with Crippen LogP contribution in [0.4, 0.5) is 4.79 Å². The van der Waals surface area contributed by atoms with Crippen LogP contribution in [0, 0.1) is 0 Å². The van der Waals surface area contributed by atoms with E-state index in [1.165, 1.54) is 5.56 Å². The Hall–Kier alpha value is -1.78. The molecule has 19 heavy (non-hydrogen) atoms. The standard InChI is InChI=1S/C14H20N2O3/c1-14(2,3)19-13(17)16-6-5-10-8-15-12(18-4)7-11(10)9-16/h7-8H,5-6,9H2,1-4H3. The molecule has 0 fully saturated rings. The summed E-state index contributed by atoms with van der Waals surface area (Å²) in [4.78, 5) is 17.9. The Labute approximate surface area is 113 Å². The first-order valence-electron chi connectivity index (χ1n) is 6.39. The van der Waals surface area contributed by atoms with Crippen molar-refractivity contribution in [2.75, 3.05) is 13.7 Å². The minimum Gasteiger partial charge on any atom is -0.481 e. The highest BCUT2D eigenvalue weighted by molar-refractivity contribution is 5.68. The maximum Gasteiger partial charge on any atom is 0.410 e. The summed E-state index contributed by atoms with van der Waals surface area (Å²) in [5, 5.41) is 0. The van der Waals surface area contributed by atoms with Crippen LogP contribution in [-0.4, -0.2) is 35.2 Å². The Morgan fingerprint density at radius 2 is 2.11 bits per heavy atom. The van der Waals surface area contributed by atoms with Crippen LogP contribution in [0.5, 0.6) is 5.88 Å². The van der Waals surface area contributed by atoms with Crippen molar-refractivity contribution in [2.45, 2.75) is 39.3 Å². The van der Waals surface area contributed by atoms with Crippen molar-refractivity contribution in [3.63, 3.8) is 0 Å². The van der Waals surface area contributed by atoms with E-state index in [2.05, 4.69) is 4.98 Å². The average Bonchev–Trinajstić information content (AvgIpc) is 2.35. The van der Waals surface area contributed by atoms with Gasteiger partial charge in [0.25, 0.3) is 0 Å². The molecular formula is C14H20N2O3. The summed E-state index contributed by atoms with van der Waals surface area (Å²) in [5.41, 5.74) is 1.78. The van der Waals surface area contributed by atoms with Gasteiger partial charge in [-0.25, -0.2) is 9.78 Å². The average molecular weight is 264 g/mol. The van der Waals surface area contributed by atoms with Crippen LogP contribution in [0.1, 0.15) is 31.9 Å². The van der Waals surface area contributed by atoms with E-state index in [4.69, 9.17) is 9.47 Å². The molecule has 0 spiro atoms. The molecule has 1 aromatic rings. The molecule has 2 rings (SSSR count). The quantitative estimate of drug-likeness (QED) is 0.781. The number of carbonyl (C=O) groups excluding carboxylic acids is 1. The van der Waals surface area contributed by atoms with Crippen molar-refractivity contribution in [1.82, 2.24) is 9.88 Å². The van der Waals surface area contributed by atoms with Gasteiger partial charge in [0.15, 0.2) is 0 Å². The molecule has 0 unspecified atom stereocenters. The zero-order valence-electron chi connectivity index (χ0n) is 11.9. The number of hydrogen-bond donors (Lipinski definition) is 0. The van der Waals surface area contributed by atoms with Crippen LogP contribution in [-0.2, 0) is 17.7 Å². The number of nitrogens with zero attached hydrogens (tertiary/aromatic N) is 2. The number of amides is 1. The summed E-state index contributed by atoms with van der Waals surface area (Å²) in [6.45, 7) is 6.82. The van der Waals surface area contributed by atoms with Crippen LogP contribution in [0.25, 0.3) is 0 Å². The number of aromatic nitrogens is 1. The van der Waals surface area contributed by atoms with Crippen molar-refractivity contribution in [3.05, 3.63) is 23.4 Å². The molecule has 1 aliphatic rings. The lowest BCUT2D eigenvalue weighted by Gasteiger charge is -2.31. The van der Waals surface area contributed by atoms with Crippen LogP contribution in [0.3, 0.4) is 0 Å². The second-order valence-electron chi connectivity index (χ2n) is 5.65. The predicted molar refractivity (Wildman–Crippen MR) is 71.1 cm³/mol. The molecule has 0 radical (unpaired) electrons. The first-order chi connectivity index (χ1) is 8.89. The summed E-state index contributed by atoms with van der Waals surface area (Å²) >= 11 is 0. The minimum absolute atomic E-state index is 0.270. The number of carbonyl (C=O) groups is 1. The maximum absolute atomic E-state index is 12.0. The first kappa shape index (κ1) is 13.6. The fourth-order valence-electron chi connectivity index (χ4n) is 2.01. The monoisotopic (exact) mass is 264 g/mol. The van der Waals surface area contributed by atoms with E-state index in [9.17, 15) is 4.79 Å². The first-order valence-corrected chi connectivity index (χ1v) is 6.39. The molecule has 0 saturated heterocycles. The van der Waals surface area contributed by atoms with Gasteiger partial charge in [-0.2, -0.15) is 0 Å². The van der Waals surface area contributed by atoms with Crippen LogP contribution in [0.2, 0.25) is 0 Å². The van der Waals surface area contributed by atoms with Gasteiger partial charge in [0, 0.05) is 25.4 Å². The molecular weight excluding hydrogens is 244 g/mol. The van der Waals surface area contributed by atoms with Crippen LogP contribution < -0.4 is 4.74 Å². The molecule has 2 heterocycles. The highest BCUT2D eigenvalue weighted by Gasteiger charge is 2.26. The predicted octanol–water partition coefficient (Wildman–Crippen LogP) is 2.38. The Morgan fingerprint density at radius 3 is 2.74 bits per heavy atom. The van der Waals surface area contributed by atoms with Crippen molar-refractivity contribution >= 4 is 6.09 Å². The summed E-state index contributed by atoms with van der Waals surface area (Å²) in [7, 11) is 1.59. The summed E-state index contributed by atoms with van der Waals surface area (Å²) < 4.78 is 10.5. The molecule has 0 N–H and O–H groups in total. The third-order valence-electron chi connectivity index (χ3n) is 2.93. The van der Waals surface area contributed by atoms with Gasteiger partial charge in [0.05, 0.1) is 7.11 Å². The van der Waals surface area contributed by atoms with E-state index in [1.807, 2.05) is 33.0 Å². The Morgan fingerprint density at radius 1 is 1.37 bits per heavy atom. The summed E-state index contributed by atoms with van der Waals surface area (Å²) in [5.74, 6) is 0.574. The minimum atomic E-state index is -0.465. The van der Waals surface area contributed by atoms with Crippen molar-refractivity contribution in [2.24, 2.45) is 0 Å². The number of fused-ring (bicyclic) bond motifs is 1. The number of pyridine rings is 1. The Balaban J connectivity index is 2.10. The van der Waals surface area contributed by atoms with Crippen LogP contribution >= 0.6 is 0 Å². The second-order valence-corrected chi connectivity index (χ2v) is 5.65. The van der Waals surface area contributed by atoms with Crippen LogP contribution in [0.15, 0.2) is 12.3 Å². The molecule has 1 aromatic heterocycles. The van der Waals surface area contributed by atoms with E-state index >= 15 is 0 Å². The third-order valence-corrected chi connectivity index (χ3v) is 2.93. The molecule has 104 valence electrons. The van der Waals surface area contributed by atoms with E-state index in [0.29, 0.717) is 19.0 Å².